The van der Waals surface area contributed by atoms with Gasteiger partial charge in [-0.2, -0.15) is 0 Å². The van der Waals surface area contributed by atoms with E-state index < -0.39 is 0 Å². The Morgan fingerprint density at radius 2 is 2.25 bits per heavy atom. The predicted molar refractivity (Wildman–Crippen MR) is 96.6 cm³/mol. The van der Waals surface area contributed by atoms with Crippen LogP contribution in [0.1, 0.15) is 25.1 Å². The molecule has 4 rings (SSSR count). The first-order valence-corrected chi connectivity index (χ1v) is 8.51. The molecule has 1 aromatic carbocycles. The van der Waals surface area contributed by atoms with Crippen LogP contribution in [0, 0.1) is 5.92 Å². The highest BCUT2D eigenvalue weighted by molar-refractivity contribution is 5.89. The van der Waals surface area contributed by atoms with Gasteiger partial charge in [0.05, 0.1) is 12.1 Å². The molecule has 2 aliphatic rings. The molecule has 2 aromatic rings. The Morgan fingerprint density at radius 1 is 1.38 bits per heavy atom. The fourth-order valence-corrected chi connectivity index (χ4v) is 3.18. The maximum atomic E-state index is 5.98. The van der Waals surface area contributed by atoms with Gasteiger partial charge in [0.2, 0.25) is 0 Å². The van der Waals surface area contributed by atoms with Crippen LogP contribution >= 0.6 is 0 Å². The first-order chi connectivity index (χ1) is 11.8. The first kappa shape index (κ1) is 14.9. The van der Waals surface area contributed by atoms with E-state index in [0.717, 1.165) is 59.3 Å². The van der Waals surface area contributed by atoms with Crippen LogP contribution in [0.2, 0.25) is 0 Å². The number of aryl methyl sites for hydroxylation is 1. The molecule has 1 fully saturated rings. The third-order valence-electron chi connectivity index (χ3n) is 4.60. The number of nitrogens with one attached hydrogen (secondary N) is 1. The summed E-state index contributed by atoms with van der Waals surface area (Å²) >= 11 is 0. The monoisotopic (exact) mass is 325 g/mol. The standard InChI is InChI=1S/C18H23N5O/c19-5-4-13(10-20)18-22-15-8-14(21-11-12-2-3-12)9-16-17(15)23(18)6-1-7-24-16/h4-5,8-10,12,21H,1-3,6-7,11,19-20H2/b5-4-,13-10+. The summed E-state index contributed by atoms with van der Waals surface area (Å²) in [5.41, 5.74) is 15.2. The lowest BCUT2D eigenvalue weighted by Crippen LogP contribution is -2.04. The molecule has 1 aliphatic heterocycles. The SMILES string of the molecule is N/C=C\C(=C/N)c1nc2cc(NCC3CC3)cc3c2n1CCCO3. The second kappa shape index (κ2) is 6.11. The molecule has 1 saturated carbocycles. The summed E-state index contributed by atoms with van der Waals surface area (Å²) in [6, 6.07) is 4.18. The van der Waals surface area contributed by atoms with Crippen molar-refractivity contribution in [3.63, 3.8) is 0 Å². The van der Waals surface area contributed by atoms with Crippen LogP contribution < -0.4 is 21.5 Å². The summed E-state index contributed by atoms with van der Waals surface area (Å²) in [5, 5.41) is 3.51. The van der Waals surface area contributed by atoms with Gasteiger partial charge in [0.25, 0.3) is 0 Å². The maximum Gasteiger partial charge on any atom is 0.147 e. The van der Waals surface area contributed by atoms with Gasteiger partial charge in [-0.25, -0.2) is 4.98 Å². The van der Waals surface area contributed by atoms with Crippen LogP contribution in [0.5, 0.6) is 5.75 Å². The van der Waals surface area contributed by atoms with Crippen molar-refractivity contribution in [3.8, 4) is 5.75 Å². The van der Waals surface area contributed by atoms with Crippen molar-refractivity contribution < 1.29 is 4.74 Å². The second-order valence-corrected chi connectivity index (χ2v) is 6.44. The Labute approximate surface area is 141 Å². The highest BCUT2D eigenvalue weighted by Gasteiger charge is 2.23. The number of nitrogens with zero attached hydrogens (tertiary/aromatic N) is 2. The van der Waals surface area contributed by atoms with E-state index in [2.05, 4.69) is 22.0 Å². The molecule has 0 unspecified atom stereocenters. The van der Waals surface area contributed by atoms with E-state index >= 15 is 0 Å². The van der Waals surface area contributed by atoms with Crippen LogP contribution in [0.25, 0.3) is 16.6 Å². The minimum atomic E-state index is 0.705. The van der Waals surface area contributed by atoms with Crippen LogP contribution in [0.15, 0.2) is 30.6 Å². The Kier molecular flexibility index (Phi) is 3.80. The van der Waals surface area contributed by atoms with Crippen LogP contribution in [0.3, 0.4) is 0 Å². The molecule has 6 nitrogen and oxygen atoms in total. The molecule has 2 heterocycles. The maximum absolute atomic E-state index is 5.98. The van der Waals surface area contributed by atoms with Crippen molar-refractivity contribution >= 4 is 22.3 Å². The summed E-state index contributed by atoms with van der Waals surface area (Å²) in [4.78, 5) is 4.81. The Hall–Kier alpha value is -2.63. The van der Waals surface area contributed by atoms with E-state index in [1.165, 1.54) is 19.0 Å². The number of ether oxygens (including phenoxy) is 1. The lowest BCUT2D eigenvalue weighted by Gasteiger charge is -2.10. The van der Waals surface area contributed by atoms with Crippen LogP contribution in [-0.2, 0) is 6.54 Å². The molecule has 5 N–H and O–H groups in total. The molecule has 24 heavy (non-hydrogen) atoms. The Bertz CT molecular complexity index is 816. The molecule has 0 spiro atoms. The van der Waals surface area contributed by atoms with Crippen molar-refractivity contribution in [2.45, 2.75) is 25.8 Å². The smallest absolute Gasteiger partial charge is 0.147 e. The van der Waals surface area contributed by atoms with Crippen molar-refractivity contribution in [2.24, 2.45) is 17.4 Å². The third-order valence-corrected chi connectivity index (χ3v) is 4.60. The minimum absolute atomic E-state index is 0.705. The molecule has 0 atom stereocenters. The summed E-state index contributed by atoms with van der Waals surface area (Å²) in [7, 11) is 0. The van der Waals surface area contributed by atoms with E-state index in [4.69, 9.17) is 21.2 Å². The summed E-state index contributed by atoms with van der Waals surface area (Å²) in [6.45, 7) is 2.57. The quantitative estimate of drug-likeness (QED) is 0.734. The van der Waals surface area contributed by atoms with Crippen molar-refractivity contribution in [2.75, 3.05) is 18.5 Å². The second-order valence-electron chi connectivity index (χ2n) is 6.44. The zero-order valence-corrected chi connectivity index (χ0v) is 13.7. The number of aromatic nitrogens is 2. The van der Waals surface area contributed by atoms with Crippen LogP contribution in [-0.4, -0.2) is 22.7 Å². The highest BCUT2D eigenvalue weighted by Crippen LogP contribution is 2.35. The number of allylic oxidation sites excluding steroid dienone is 2. The molecule has 0 bridgehead atoms. The summed E-state index contributed by atoms with van der Waals surface area (Å²) < 4.78 is 8.16. The summed E-state index contributed by atoms with van der Waals surface area (Å²) in [5.74, 6) is 2.53. The van der Waals surface area contributed by atoms with Gasteiger partial charge < -0.3 is 26.1 Å². The van der Waals surface area contributed by atoms with Gasteiger partial charge in [0.1, 0.15) is 17.1 Å². The topological polar surface area (TPSA) is 91.1 Å². The minimum Gasteiger partial charge on any atom is -0.491 e. The van der Waals surface area contributed by atoms with E-state index in [9.17, 15) is 0 Å². The van der Waals surface area contributed by atoms with Gasteiger partial charge in [-0.3, -0.25) is 0 Å². The molecule has 126 valence electrons. The molecular weight excluding hydrogens is 302 g/mol. The van der Waals surface area contributed by atoms with Gasteiger partial charge in [-0.15, -0.1) is 0 Å². The average molecular weight is 325 g/mol. The molecular formula is C18H23N5O. The van der Waals surface area contributed by atoms with Gasteiger partial charge in [-0.1, -0.05) is 0 Å². The fraction of sp³-hybridized carbons (Fsp3) is 0.389. The zero-order chi connectivity index (χ0) is 16.5. The number of imidazole rings is 1. The van der Waals surface area contributed by atoms with E-state index in [0.29, 0.717) is 6.61 Å². The van der Waals surface area contributed by atoms with Crippen LogP contribution in [0.4, 0.5) is 5.69 Å². The lowest BCUT2D eigenvalue weighted by molar-refractivity contribution is 0.315. The number of rotatable bonds is 5. The number of anilines is 1. The third kappa shape index (κ3) is 2.68. The summed E-state index contributed by atoms with van der Waals surface area (Å²) in [6.07, 6.45) is 8.40. The van der Waals surface area contributed by atoms with E-state index in [1.54, 1.807) is 12.3 Å². The molecule has 1 aromatic heterocycles. The largest absolute Gasteiger partial charge is 0.491 e. The molecule has 0 saturated heterocycles. The predicted octanol–water partition coefficient (Wildman–Crippen LogP) is 2.41. The Morgan fingerprint density at radius 3 is 3.00 bits per heavy atom. The highest BCUT2D eigenvalue weighted by atomic mass is 16.5. The number of nitrogens with two attached hydrogens (primary N) is 2. The molecule has 6 heteroatoms. The Balaban J connectivity index is 1.81. The first-order valence-electron chi connectivity index (χ1n) is 8.51. The van der Waals surface area contributed by atoms with Crippen molar-refractivity contribution in [1.29, 1.82) is 0 Å². The van der Waals surface area contributed by atoms with Crippen molar-refractivity contribution in [3.05, 3.63) is 36.4 Å². The number of benzene rings is 1. The van der Waals surface area contributed by atoms with Gasteiger partial charge in [0.15, 0.2) is 0 Å². The zero-order valence-electron chi connectivity index (χ0n) is 13.7. The molecule has 0 radical (unpaired) electrons. The average Bonchev–Trinajstić information content (AvgIpc) is 3.37. The lowest BCUT2D eigenvalue weighted by atomic mass is 10.2. The number of hydrogen-bond acceptors (Lipinski definition) is 5. The normalized spacial score (nSPS) is 17.9. The van der Waals surface area contributed by atoms with E-state index in [-0.39, 0.29) is 0 Å². The van der Waals surface area contributed by atoms with Crippen molar-refractivity contribution in [1.82, 2.24) is 9.55 Å². The fourth-order valence-electron chi connectivity index (χ4n) is 3.18. The molecule has 0 amide bonds. The van der Waals surface area contributed by atoms with Gasteiger partial charge in [-0.05, 0) is 43.5 Å². The van der Waals surface area contributed by atoms with Gasteiger partial charge in [0, 0.05) is 36.6 Å². The van der Waals surface area contributed by atoms with Gasteiger partial charge >= 0.3 is 0 Å². The number of hydrogen-bond donors (Lipinski definition) is 3. The molecule has 1 aliphatic carbocycles. The van der Waals surface area contributed by atoms with E-state index in [1.807, 2.05) is 0 Å².